The lowest BCUT2D eigenvalue weighted by atomic mass is 10.1. The normalized spacial score (nSPS) is 14.9. The Kier molecular flexibility index (Phi) is 4.40. The summed E-state index contributed by atoms with van der Waals surface area (Å²) < 4.78 is 11.1. The third-order valence-electron chi connectivity index (χ3n) is 3.80. The number of rotatable bonds is 2. The minimum absolute atomic E-state index is 0.286. The first-order valence-corrected chi connectivity index (χ1v) is 8.73. The lowest BCUT2D eigenvalue weighted by molar-refractivity contribution is -0.115. The predicted molar refractivity (Wildman–Crippen MR) is 102 cm³/mol. The van der Waals surface area contributed by atoms with Crippen molar-refractivity contribution in [3.63, 3.8) is 0 Å². The van der Waals surface area contributed by atoms with Gasteiger partial charge >= 0.3 is 0 Å². The molecule has 1 aliphatic rings. The van der Waals surface area contributed by atoms with Crippen LogP contribution < -0.4 is 10.1 Å². The Bertz CT molecular complexity index is 1170. The Balaban J connectivity index is 1.73. The molecule has 4 rings (SSSR count). The molecule has 1 saturated heterocycles. The molecule has 0 unspecified atom stereocenters. The molecule has 1 N–H and O–H groups in total. The summed E-state index contributed by atoms with van der Waals surface area (Å²) in [6, 6.07) is 9.21. The lowest BCUT2D eigenvalue weighted by Crippen LogP contribution is -2.17. The number of methoxy groups -OCH3 is 1. The zero-order chi connectivity index (χ0) is 18.8. The highest BCUT2D eigenvalue weighted by Gasteiger charge is 2.25. The molecule has 0 radical (unpaired) electrons. The lowest BCUT2D eigenvalue weighted by Gasteiger charge is -2.00. The maximum atomic E-state index is 11.7. The van der Waals surface area contributed by atoms with E-state index in [0.29, 0.717) is 22.7 Å². The summed E-state index contributed by atoms with van der Waals surface area (Å²) in [5, 5.41) is 2.57. The highest BCUT2D eigenvalue weighted by Crippen LogP contribution is 2.29. The third kappa shape index (κ3) is 3.43. The molecule has 6 nitrogen and oxygen atoms in total. The molecule has 0 atom stereocenters. The molecular weight excluding hydrogens is 364 g/mol. The molecule has 1 aromatic carbocycles. The molecule has 3 heterocycles. The van der Waals surface area contributed by atoms with Gasteiger partial charge in [-0.3, -0.25) is 19.9 Å². The van der Waals surface area contributed by atoms with Gasteiger partial charge in [-0.05, 0) is 30.0 Å². The number of imide groups is 1. The van der Waals surface area contributed by atoms with Gasteiger partial charge in [-0.2, -0.15) is 0 Å². The van der Waals surface area contributed by atoms with Crippen LogP contribution in [0.5, 0.6) is 5.75 Å². The number of hydrogen-bond acceptors (Lipinski definition) is 6. The van der Waals surface area contributed by atoms with Gasteiger partial charge in [0.2, 0.25) is 0 Å². The summed E-state index contributed by atoms with van der Waals surface area (Å²) in [5.74, 6) is 6.82. The zero-order valence-corrected chi connectivity index (χ0v) is 14.9. The van der Waals surface area contributed by atoms with Gasteiger partial charge in [-0.15, -0.1) is 0 Å². The molecule has 1 aliphatic heterocycles. The van der Waals surface area contributed by atoms with Gasteiger partial charge in [0.1, 0.15) is 11.5 Å². The second-order valence-corrected chi connectivity index (χ2v) is 6.57. The largest absolute Gasteiger partial charge is 0.495 e. The van der Waals surface area contributed by atoms with Crippen LogP contribution in [0, 0.1) is 11.8 Å². The molecule has 0 spiro atoms. The van der Waals surface area contributed by atoms with Gasteiger partial charge in [0.05, 0.1) is 23.1 Å². The van der Waals surface area contributed by atoms with E-state index in [1.807, 2.05) is 24.3 Å². The van der Waals surface area contributed by atoms with Crippen LogP contribution in [0.4, 0.5) is 4.79 Å². The van der Waals surface area contributed by atoms with Crippen molar-refractivity contribution in [2.24, 2.45) is 0 Å². The fourth-order valence-electron chi connectivity index (χ4n) is 2.58. The molecule has 0 bridgehead atoms. The Morgan fingerprint density at radius 3 is 2.78 bits per heavy atom. The monoisotopic (exact) mass is 376 g/mol. The van der Waals surface area contributed by atoms with Crippen molar-refractivity contribution in [1.82, 2.24) is 10.3 Å². The first-order chi connectivity index (χ1) is 13.1. The molecule has 27 heavy (non-hydrogen) atoms. The highest BCUT2D eigenvalue weighted by molar-refractivity contribution is 8.18. The van der Waals surface area contributed by atoms with Crippen LogP contribution in [0.15, 0.2) is 52.0 Å². The summed E-state index contributed by atoms with van der Waals surface area (Å²) in [6.45, 7) is 0. The molecule has 132 valence electrons. The first kappa shape index (κ1) is 16.9. The quantitative estimate of drug-likeness (QED) is 0.544. The van der Waals surface area contributed by atoms with Crippen LogP contribution >= 0.6 is 11.8 Å². The summed E-state index contributed by atoms with van der Waals surface area (Å²) in [7, 11) is 1.59. The second kappa shape index (κ2) is 7.02. The van der Waals surface area contributed by atoms with Crippen molar-refractivity contribution in [2.45, 2.75) is 0 Å². The van der Waals surface area contributed by atoms with Gasteiger partial charge < -0.3 is 9.15 Å². The number of amides is 2. The van der Waals surface area contributed by atoms with E-state index in [0.717, 1.165) is 22.7 Å². The fourth-order valence-corrected chi connectivity index (χ4v) is 3.24. The molecular formula is C20H12N2O4S. The van der Waals surface area contributed by atoms with E-state index in [1.54, 1.807) is 25.6 Å². The van der Waals surface area contributed by atoms with Crippen molar-refractivity contribution in [3.05, 3.63) is 64.5 Å². The second-order valence-electron chi connectivity index (χ2n) is 5.56. The number of nitrogens with zero attached hydrogens (tertiary/aromatic N) is 1. The van der Waals surface area contributed by atoms with Crippen LogP contribution in [0.2, 0.25) is 0 Å². The minimum Gasteiger partial charge on any atom is -0.495 e. The van der Waals surface area contributed by atoms with Crippen molar-refractivity contribution in [2.75, 3.05) is 7.11 Å². The number of carbonyl (C=O) groups excluding carboxylic acids is 2. The van der Waals surface area contributed by atoms with Gasteiger partial charge in [0, 0.05) is 23.9 Å². The number of hydrogen-bond donors (Lipinski definition) is 1. The number of fused-ring (bicyclic) bond motifs is 1. The summed E-state index contributed by atoms with van der Waals surface area (Å²) in [6.07, 6.45) is 4.80. The maximum Gasteiger partial charge on any atom is 0.290 e. The van der Waals surface area contributed by atoms with E-state index in [-0.39, 0.29) is 4.91 Å². The van der Waals surface area contributed by atoms with Gasteiger partial charge in [-0.1, -0.05) is 24.0 Å². The van der Waals surface area contributed by atoms with Gasteiger partial charge in [-0.25, -0.2) is 0 Å². The highest BCUT2D eigenvalue weighted by atomic mass is 32.2. The van der Waals surface area contributed by atoms with Gasteiger partial charge in [0.15, 0.2) is 5.58 Å². The van der Waals surface area contributed by atoms with Crippen molar-refractivity contribution in [3.8, 4) is 17.6 Å². The molecule has 0 aliphatic carbocycles. The topological polar surface area (TPSA) is 81.4 Å². The Morgan fingerprint density at radius 2 is 2.00 bits per heavy atom. The number of thioether (sulfide) groups is 1. The van der Waals surface area contributed by atoms with Crippen LogP contribution in [0.3, 0.4) is 0 Å². The average molecular weight is 376 g/mol. The molecule has 7 heteroatoms. The van der Waals surface area contributed by atoms with E-state index in [1.165, 1.54) is 6.08 Å². The average Bonchev–Trinajstić information content (AvgIpc) is 3.22. The minimum atomic E-state index is -0.431. The number of carbonyl (C=O) groups is 2. The van der Waals surface area contributed by atoms with E-state index in [2.05, 4.69) is 22.1 Å². The number of aromatic nitrogens is 1. The number of pyridine rings is 1. The van der Waals surface area contributed by atoms with Crippen LogP contribution in [0.1, 0.15) is 16.9 Å². The molecule has 0 saturated carbocycles. The maximum absolute atomic E-state index is 11.7. The van der Waals surface area contributed by atoms with E-state index in [4.69, 9.17) is 9.15 Å². The van der Waals surface area contributed by atoms with E-state index < -0.39 is 11.1 Å². The molecule has 1 fully saturated rings. The molecule has 3 aromatic rings. The number of benzene rings is 1. The molecule has 2 aromatic heterocycles. The Hall–Kier alpha value is -3.50. The van der Waals surface area contributed by atoms with Gasteiger partial charge in [0.25, 0.3) is 11.1 Å². The van der Waals surface area contributed by atoms with Crippen molar-refractivity contribution in [1.29, 1.82) is 0 Å². The fraction of sp³-hybridized carbons (Fsp3) is 0.0500. The third-order valence-corrected chi connectivity index (χ3v) is 4.61. The number of ether oxygens (including phenoxy) is 1. The summed E-state index contributed by atoms with van der Waals surface area (Å²) >= 11 is 0.838. The number of furan rings is 1. The Morgan fingerprint density at radius 1 is 1.19 bits per heavy atom. The summed E-state index contributed by atoms with van der Waals surface area (Å²) in [5.41, 5.74) is 1.93. The van der Waals surface area contributed by atoms with Crippen molar-refractivity contribution < 1.29 is 18.7 Å². The molecule has 2 amide bonds. The number of para-hydroxylation sites is 1. The van der Waals surface area contributed by atoms with Crippen LogP contribution in [0.25, 0.3) is 17.0 Å². The Labute approximate surface area is 158 Å². The first-order valence-electron chi connectivity index (χ1n) is 7.91. The zero-order valence-electron chi connectivity index (χ0n) is 14.1. The smallest absolute Gasteiger partial charge is 0.290 e. The number of nitrogens with one attached hydrogen (secondary N) is 1. The van der Waals surface area contributed by atoms with Crippen LogP contribution in [-0.4, -0.2) is 23.2 Å². The van der Waals surface area contributed by atoms with E-state index in [9.17, 15) is 9.59 Å². The van der Waals surface area contributed by atoms with Crippen molar-refractivity contribution >= 4 is 40.0 Å². The standard InChI is InChI=1S/C20H12N2O4S/c1-25-16-5-3-2-4-12(16)6-7-13-10-21-11-14-8-15(26-18(13)14)9-17-19(23)22-20(24)27-17/h2-5,8-11H,1H3,(H,22,23,24). The van der Waals surface area contributed by atoms with E-state index >= 15 is 0 Å². The summed E-state index contributed by atoms with van der Waals surface area (Å²) in [4.78, 5) is 27.4. The predicted octanol–water partition coefficient (Wildman–Crippen LogP) is 3.56. The van der Waals surface area contributed by atoms with Crippen LogP contribution in [-0.2, 0) is 4.79 Å². The SMILES string of the molecule is COc1ccccc1C#Cc1cncc2cc(C=C3SC(=O)NC3=O)oc12.